The van der Waals surface area contributed by atoms with Gasteiger partial charge in [-0.1, -0.05) is 253 Å². The first kappa shape index (κ1) is 112. The summed E-state index contributed by atoms with van der Waals surface area (Å²) in [6, 6.07) is 27.4. The molecule has 19 heteroatoms. The van der Waals surface area contributed by atoms with Crippen molar-refractivity contribution in [2.45, 2.75) is 331 Å². The van der Waals surface area contributed by atoms with E-state index in [1.165, 1.54) is 153 Å². The number of aromatic nitrogens is 5. The van der Waals surface area contributed by atoms with Crippen molar-refractivity contribution in [3.8, 4) is 11.5 Å². The molecular weight excluding hydrogens is 1560 g/mol. The molecule has 10 heterocycles. The average Bonchev–Trinajstić information content (AvgIpc) is 1.39. The molecule has 0 saturated carbocycles. The second-order valence-electron chi connectivity index (χ2n) is 44.2. The molecule has 0 amide bonds. The van der Waals surface area contributed by atoms with Crippen molar-refractivity contribution in [1.29, 1.82) is 0 Å². The summed E-state index contributed by atoms with van der Waals surface area (Å²) in [5, 5.41) is 0.549. The number of benzene rings is 1. The van der Waals surface area contributed by atoms with Crippen LogP contribution in [0.4, 0.5) is 4.39 Å². The number of likely N-dealkylation sites (N-methyl/N-ethyl adjacent to an activating group) is 1. The zero-order valence-electron chi connectivity index (χ0n) is 83.8. The number of nitrogens with one attached hydrogen (secondary N) is 2. The van der Waals surface area contributed by atoms with Crippen LogP contribution in [0.15, 0.2) is 119 Å². The molecular formula is C103H176ClFN10O6S. The van der Waals surface area contributed by atoms with Gasteiger partial charge in [0.15, 0.2) is 9.84 Å². The summed E-state index contributed by atoms with van der Waals surface area (Å²) in [5.41, 5.74) is 9.02. The number of pyridine rings is 5. The Hall–Kier alpha value is -5.86. The summed E-state index contributed by atoms with van der Waals surface area (Å²) in [6.07, 6.45) is 19.4. The molecule has 0 spiro atoms. The van der Waals surface area contributed by atoms with E-state index in [1.807, 2.05) is 65.8 Å². The molecule has 0 bridgehead atoms. The number of nitrogens with zero attached hydrogens (tertiary/aromatic N) is 8. The molecule has 2 atom stereocenters. The summed E-state index contributed by atoms with van der Waals surface area (Å²) in [7, 11) is 0.437. The topological polar surface area (TPSA) is 173 Å². The van der Waals surface area contributed by atoms with Crippen LogP contribution in [0.2, 0.25) is 5.15 Å². The lowest BCUT2D eigenvalue weighted by molar-refractivity contribution is 0.103. The van der Waals surface area contributed by atoms with E-state index in [1.54, 1.807) is 31.8 Å². The van der Waals surface area contributed by atoms with Gasteiger partial charge in [0.25, 0.3) is 5.56 Å². The van der Waals surface area contributed by atoms with Crippen LogP contribution in [0.3, 0.4) is 0 Å². The van der Waals surface area contributed by atoms with Crippen molar-refractivity contribution in [3.63, 3.8) is 0 Å². The number of hydrogen-bond acceptors (Lipinski definition) is 14. The van der Waals surface area contributed by atoms with Crippen molar-refractivity contribution in [1.82, 2.24) is 49.4 Å². The number of methoxy groups -OCH3 is 2. The van der Waals surface area contributed by atoms with Gasteiger partial charge < -0.3 is 29.2 Å². The largest absolute Gasteiger partial charge is 0.495 e. The summed E-state index contributed by atoms with van der Waals surface area (Å²) in [4.78, 5) is 52.8. The minimum Gasteiger partial charge on any atom is -0.495 e. The van der Waals surface area contributed by atoms with Gasteiger partial charge in [-0.15, -0.1) is 0 Å². The third kappa shape index (κ3) is 44.0. The Bertz CT molecular complexity index is 4120. The van der Waals surface area contributed by atoms with Gasteiger partial charge in [-0.25, -0.2) is 17.8 Å². The molecule has 694 valence electrons. The highest BCUT2D eigenvalue weighted by atomic mass is 35.5. The van der Waals surface area contributed by atoms with Gasteiger partial charge in [-0.05, 0) is 243 Å². The smallest absolute Gasteiger partial charge is 0.251 e. The fourth-order valence-electron chi connectivity index (χ4n) is 14.7. The van der Waals surface area contributed by atoms with E-state index >= 15 is 0 Å². The van der Waals surface area contributed by atoms with Crippen LogP contribution in [0.1, 0.15) is 319 Å². The lowest BCUT2D eigenvalue weighted by Gasteiger charge is -2.39. The van der Waals surface area contributed by atoms with Crippen LogP contribution < -0.4 is 20.6 Å². The van der Waals surface area contributed by atoms with E-state index in [9.17, 15) is 22.4 Å². The number of halogens is 2. The maximum Gasteiger partial charge on any atom is 0.251 e. The highest BCUT2D eigenvalue weighted by Crippen LogP contribution is 2.37. The van der Waals surface area contributed by atoms with Crippen LogP contribution >= 0.6 is 11.6 Å². The van der Waals surface area contributed by atoms with E-state index in [2.05, 4.69) is 280 Å². The SMILES string of the molecule is CC(C)(C)C1CCS(=O)(=O)C1.CC(C)(C)N1CCCCC1.CC(C)(C)c1ccc(=O)[nH]c1.CC(C)(C)c1ccc[nH]c1=O.CC(C)(C)c1cccc(CCc2ccccc2)n1.CCN1CCC(C(C)(C)C)CC1.CCN1CCCC(C(C)(C)C)C1.CCN1CCN(C(C)(C)C)C1.COc1cnc(C(C)(C)C)c(F)c1.COc1cnc(Cl)c(C(C)(C)C)c1. The average molecular weight is 1740 g/mol. The van der Waals surface area contributed by atoms with Crippen LogP contribution in [0, 0.1) is 39.8 Å². The Morgan fingerprint density at radius 1 is 0.484 bits per heavy atom. The summed E-state index contributed by atoms with van der Waals surface area (Å²) in [6.45, 7) is 87.3. The Morgan fingerprint density at radius 3 is 1.43 bits per heavy atom. The molecule has 5 fully saturated rings. The van der Waals surface area contributed by atoms with Crippen molar-refractivity contribution in [3.05, 3.63) is 181 Å². The molecule has 5 saturated heterocycles. The molecule has 2 N–H and O–H groups in total. The van der Waals surface area contributed by atoms with Crippen molar-refractivity contribution in [2.75, 3.05) is 104 Å². The number of piperidine rings is 3. The van der Waals surface area contributed by atoms with Gasteiger partial charge in [-0.2, -0.15) is 0 Å². The minimum absolute atomic E-state index is 0.00137. The van der Waals surface area contributed by atoms with Gasteiger partial charge in [0.1, 0.15) is 22.5 Å². The minimum atomic E-state index is -2.68. The number of H-pyrrole nitrogens is 2. The van der Waals surface area contributed by atoms with Gasteiger partial charge in [0, 0.05) is 83.0 Å². The number of ether oxygens (including phenoxy) is 2. The van der Waals surface area contributed by atoms with E-state index in [4.69, 9.17) is 26.1 Å². The standard InChI is InChI=1S/C17H21N.2C11H23N.C10H14ClNO.C10H14FNO.C9H20N2.2C9H13NO.C9H19N.C8H16O2S/c1-17(2,3)16-11-7-10-15(18-16)13-12-14-8-5-4-6-9-14;1-5-12-8-6-10(7-9-12)11(2,3)4;1-5-12-8-6-7-10(9-12)11(2,3)4;1-10(2,3)8-5-7(13-4)6-12-9(8)11;1-10(2,3)9-8(11)5-7(13-4)6-12-9;1-5-10-6-7-11(8-10)9(2,3)4;1-9(2,3)7-4-5-8(11)10-6-7;1-9(2,3)7-5-4-6-10-8(7)11;1-9(2,3)10-7-5-4-6-8-10;1-8(2,3)7-4-5-11(9,10)6-7/h4-11H,12-13H2,1-3H3;2*10H,5-9H2,1-4H3;2*5-6H,1-4H3;5-8H2,1-4H3;2*4-6H,1-3H3,(H,10,11);4-8H2,1-3H3;7H,4-6H2,1-3H3. The molecule has 5 aliphatic rings. The maximum atomic E-state index is 13.4. The van der Waals surface area contributed by atoms with Crippen molar-refractivity contribution in [2.24, 2.45) is 34.0 Å². The molecule has 16 nitrogen and oxygen atoms in total. The van der Waals surface area contributed by atoms with Crippen molar-refractivity contribution < 1.29 is 22.3 Å². The zero-order chi connectivity index (χ0) is 93.3. The van der Waals surface area contributed by atoms with Gasteiger partial charge in [0.2, 0.25) is 5.56 Å². The summed E-state index contributed by atoms with van der Waals surface area (Å²) >= 11 is 5.97. The summed E-state index contributed by atoms with van der Waals surface area (Å²) < 4.78 is 45.5. The lowest BCUT2D eigenvalue weighted by Crippen LogP contribution is -2.44. The second-order valence-corrected chi connectivity index (χ2v) is 46.8. The number of aromatic amines is 2. The maximum absolute atomic E-state index is 13.4. The second kappa shape index (κ2) is 50.6. The van der Waals surface area contributed by atoms with E-state index in [-0.39, 0.29) is 49.4 Å². The Balaban J connectivity index is 0.000000461. The number of likely N-dealkylation sites (tertiary alicyclic amines) is 3. The summed E-state index contributed by atoms with van der Waals surface area (Å²) in [5.74, 6) is 3.90. The number of rotatable bonds is 8. The van der Waals surface area contributed by atoms with Gasteiger partial charge >= 0.3 is 0 Å². The first-order valence-electron chi connectivity index (χ1n) is 45.7. The number of hydrogen-bond donors (Lipinski definition) is 2. The Kier molecular flexibility index (Phi) is 46.6. The fourth-order valence-corrected chi connectivity index (χ4v) is 17.1. The van der Waals surface area contributed by atoms with E-state index in [0.29, 0.717) is 55.9 Å². The normalized spacial score (nSPS) is 17.9. The molecule has 11 rings (SSSR count). The molecule has 1 aromatic carbocycles. The Labute approximate surface area is 750 Å². The number of aryl methyl sites for hydroxylation is 2. The predicted octanol–water partition coefficient (Wildman–Crippen LogP) is 23.7. The molecule has 6 aromatic rings. The van der Waals surface area contributed by atoms with E-state index in [0.717, 1.165) is 60.2 Å². The molecule has 5 aromatic heterocycles. The molecule has 122 heavy (non-hydrogen) atoms. The van der Waals surface area contributed by atoms with Crippen LogP contribution in [0.5, 0.6) is 11.5 Å². The van der Waals surface area contributed by atoms with Crippen LogP contribution in [-0.2, 0) is 49.8 Å². The quantitative estimate of drug-likeness (QED) is 0.138. The highest BCUT2D eigenvalue weighted by molar-refractivity contribution is 7.91. The molecule has 2 unspecified atom stereocenters. The third-order valence-electron chi connectivity index (χ3n) is 23.6. The third-order valence-corrected chi connectivity index (χ3v) is 25.7. The zero-order valence-corrected chi connectivity index (χ0v) is 85.4. The van der Waals surface area contributed by atoms with Gasteiger partial charge in [-0.3, -0.25) is 34.3 Å². The Morgan fingerprint density at radius 2 is 1.02 bits per heavy atom. The first-order chi connectivity index (χ1) is 56.0. The first-order valence-corrected chi connectivity index (χ1v) is 47.9. The monoisotopic (exact) mass is 1740 g/mol. The van der Waals surface area contributed by atoms with Crippen LogP contribution in [0.25, 0.3) is 0 Å². The number of sulfone groups is 1. The molecule has 5 aliphatic heterocycles. The van der Waals surface area contributed by atoms with Crippen molar-refractivity contribution >= 4 is 21.4 Å². The fraction of sp³-hybridized carbons (Fsp3) is 0.699. The van der Waals surface area contributed by atoms with Crippen LogP contribution in [-0.4, -0.2) is 173 Å². The lowest BCUT2D eigenvalue weighted by atomic mass is 9.75. The molecule has 0 radical (unpaired) electrons. The highest BCUT2D eigenvalue weighted by Gasteiger charge is 2.36. The predicted molar refractivity (Wildman–Crippen MR) is 521 cm³/mol. The van der Waals surface area contributed by atoms with Gasteiger partial charge in [0.05, 0.1) is 50.5 Å². The van der Waals surface area contributed by atoms with E-state index < -0.39 is 9.84 Å². The molecule has 0 aliphatic carbocycles.